The summed E-state index contributed by atoms with van der Waals surface area (Å²) >= 11 is 0. The summed E-state index contributed by atoms with van der Waals surface area (Å²) in [4.78, 5) is 0. The normalized spacial score (nSPS) is 26.0. The van der Waals surface area contributed by atoms with Gasteiger partial charge in [-0.2, -0.15) is 13.2 Å². The fraction of sp³-hybridized carbons (Fsp3) is 0.667. The van der Waals surface area contributed by atoms with Gasteiger partial charge in [0.15, 0.2) is 0 Å². The number of rotatable bonds is 2. The third-order valence-electron chi connectivity index (χ3n) is 5.46. The van der Waals surface area contributed by atoms with Crippen LogP contribution in [0.3, 0.4) is 0 Å². The van der Waals surface area contributed by atoms with Crippen molar-refractivity contribution in [3.63, 3.8) is 0 Å². The Hall–Kier alpha value is -1.05. The fourth-order valence-corrected chi connectivity index (χ4v) is 3.19. The molecule has 0 spiro atoms. The Kier molecular flexibility index (Phi) is 4.71. The zero-order valence-electron chi connectivity index (χ0n) is 15.1. The molecule has 3 nitrogen and oxygen atoms in total. The third kappa shape index (κ3) is 3.73. The standard InChI is InChI=1S/C18H24BF3O3/c1-16(2)17(3,4)25-19(24-16)15-9-13(12-6-5-7-23-11-12)8-14(10-15)18(20,21)22/h8-10,12H,5-7,11H2,1-4H3. The molecule has 25 heavy (non-hydrogen) atoms. The van der Waals surface area contributed by atoms with Gasteiger partial charge in [-0.25, -0.2) is 0 Å². The van der Waals surface area contributed by atoms with Crippen LogP contribution in [0.1, 0.15) is 57.6 Å². The molecule has 2 aliphatic rings. The fourth-order valence-electron chi connectivity index (χ4n) is 3.19. The van der Waals surface area contributed by atoms with Crippen molar-refractivity contribution in [2.45, 2.75) is 63.8 Å². The van der Waals surface area contributed by atoms with Gasteiger partial charge in [-0.05, 0) is 57.6 Å². The number of halogens is 3. The van der Waals surface area contributed by atoms with Crippen molar-refractivity contribution in [2.24, 2.45) is 0 Å². The molecule has 0 aromatic heterocycles. The van der Waals surface area contributed by atoms with Crippen molar-refractivity contribution in [3.8, 4) is 0 Å². The van der Waals surface area contributed by atoms with E-state index in [1.165, 1.54) is 6.07 Å². The molecule has 1 aromatic carbocycles. The van der Waals surface area contributed by atoms with Crippen LogP contribution in [-0.4, -0.2) is 31.5 Å². The first-order valence-electron chi connectivity index (χ1n) is 8.65. The van der Waals surface area contributed by atoms with Crippen LogP contribution in [0.25, 0.3) is 0 Å². The summed E-state index contributed by atoms with van der Waals surface area (Å²) in [7, 11) is -0.810. The topological polar surface area (TPSA) is 27.7 Å². The van der Waals surface area contributed by atoms with Crippen LogP contribution in [0, 0.1) is 0 Å². The molecular formula is C18H24BF3O3. The van der Waals surface area contributed by atoms with Crippen LogP contribution in [0.4, 0.5) is 13.2 Å². The van der Waals surface area contributed by atoms with Crippen molar-refractivity contribution >= 4 is 12.6 Å². The Morgan fingerprint density at radius 2 is 1.68 bits per heavy atom. The largest absolute Gasteiger partial charge is 0.494 e. The van der Waals surface area contributed by atoms with Gasteiger partial charge in [-0.1, -0.05) is 12.1 Å². The lowest BCUT2D eigenvalue weighted by Crippen LogP contribution is -2.41. The molecule has 0 amide bonds. The highest BCUT2D eigenvalue weighted by Gasteiger charge is 2.52. The van der Waals surface area contributed by atoms with E-state index in [1.54, 1.807) is 6.07 Å². The van der Waals surface area contributed by atoms with Crippen LogP contribution < -0.4 is 5.46 Å². The average Bonchev–Trinajstić information content (AvgIpc) is 2.75. The number of hydrogen-bond donors (Lipinski definition) is 0. The van der Waals surface area contributed by atoms with Crippen molar-refractivity contribution in [2.75, 3.05) is 13.2 Å². The molecule has 138 valence electrons. The molecule has 2 saturated heterocycles. The van der Waals surface area contributed by atoms with Crippen molar-refractivity contribution < 1.29 is 27.2 Å². The third-order valence-corrected chi connectivity index (χ3v) is 5.46. The number of benzene rings is 1. The first-order chi connectivity index (χ1) is 11.5. The lowest BCUT2D eigenvalue weighted by molar-refractivity contribution is -0.137. The van der Waals surface area contributed by atoms with Crippen LogP contribution in [0.5, 0.6) is 0 Å². The van der Waals surface area contributed by atoms with Gasteiger partial charge in [0.1, 0.15) is 0 Å². The maximum atomic E-state index is 13.4. The summed E-state index contributed by atoms with van der Waals surface area (Å²) in [5, 5.41) is 0. The van der Waals surface area contributed by atoms with Gasteiger partial charge in [0, 0.05) is 12.5 Å². The number of alkyl halides is 3. The second-order valence-corrected chi connectivity index (χ2v) is 7.89. The molecule has 0 aliphatic carbocycles. The summed E-state index contributed by atoms with van der Waals surface area (Å²) in [5.41, 5.74) is -0.811. The summed E-state index contributed by atoms with van der Waals surface area (Å²) < 4.78 is 57.5. The van der Waals surface area contributed by atoms with Crippen LogP contribution >= 0.6 is 0 Å². The Morgan fingerprint density at radius 1 is 1.04 bits per heavy atom. The summed E-state index contributed by atoms with van der Waals surface area (Å²) in [5.74, 6) is -0.0303. The lowest BCUT2D eigenvalue weighted by atomic mass is 9.76. The van der Waals surface area contributed by atoms with Gasteiger partial charge in [0.2, 0.25) is 0 Å². The minimum Gasteiger partial charge on any atom is -0.399 e. The Morgan fingerprint density at radius 3 is 2.20 bits per heavy atom. The maximum Gasteiger partial charge on any atom is 0.494 e. The van der Waals surface area contributed by atoms with E-state index in [2.05, 4.69) is 0 Å². The molecule has 3 rings (SSSR count). The van der Waals surface area contributed by atoms with Gasteiger partial charge in [0.05, 0.1) is 23.4 Å². The smallest absolute Gasteiger partial charge is 0.399 e. The molecule has 1 unspecified atom stereocenters. The van der Waals surface area contributed by atoms with E-state index in [0.29, 0.717) is 24.2 Å². The minimum atomic E-state index is -4.41. The summed E-state index contributed by atoms with van der Waals surface area (Å²) in [6.45, 7) is 8.66. The van der Waals surface area contributed by atoms with E-state index in [1.807, 2.05) is 27.7 Å². The number of ether oxygens (including phenoxy) is 1. The quantitative estimate of drug-likeness (QED) is 0.753. The van der Waals surface area contributed by atoms with Gasteiger partial charge in [0.25, 0.3) is 0 Å². The van der Waals surface area contributed by atoms with Crippen molar-refractivity contribution in [1.82, 2.24) is 0 Å². The zero-order chi connectivity index (χ0) is 18.5. The van der Waals surface area contributed by atoms with Crippen LogP contribution in [0.15, 0.2) is 18.2 Å². The molecule has 2 aliphatic heterocycles. The zero-order valence-corrected chi connectivity index (χ0v) is 15.1. The molecule has 0 N–H and O–H groups in total. The predicted octanol–water partition coefficient (Wildman–Crippen LogP) is 3.90. The van der Waals surface area contributed by atoms with Gasteiger partial charge in [-0.3, -0.25) is 0 Å². The van der Waals surface area contributed by atoms with Gasteiger partial charge < -0.3 is 14.0 Å². The lowest BCUT2D eigenvalue weighted by Gasteiger charge is -2.32. The van der Waals surface area contributed by atoms with Crippen molar-refractivity contribution in [3.05, 3.63) is 29.3 Å². The minimum absolute atomic E-state index is 0.0303. The highest BCUT2D eigenvalue weighted by molar-refractivity contribution is 6.62. The average molecular weight is 356 g/mol. The molecular weight excluding hydrogens is 332 g/mol. The Balaban J connectivity index is 1.98. The molecule has 1 aromatic rings. The molecule has 0 saturated carbocycles. The van der Waals surface area contributed by atoms with E-state index in [9.17, 15) is 13.2 Å². The monoisotopic (exact) mass is 356 g/mol. The Labute approximate surface area is 147 Å². The highest BCUT2D eigenvalue weighted by atomic mass is 19.4. The molecule has 7 heteroatoms. The molecule has 2 heterocycles. The number of hydrogen-bond acceptors (Lipinski definition) is 3. The summed E-state index contributed by atoms with van der Waals surface area (Å²) in [6, 6.07) is 4.14. The van der Waals surface area contributed by atoms with Crippen molar-refractivity contribution in [1.29, 1.82) is 0 Å². The summed E-state index contributed by atoms with van der Waals surface area (Å²) in [6.07, 6.45) is -2.74. The predicted molar refractivity (Wildman–Crippen MR) is 90.0 cm³/mol. The first kappa shape index (κ1) is 18.7. The molecule has 0 radical (unpaired) electrons. The maximum absolute atomic E-state index is 13.4. The van der Waals surface area contributed by atoms with E-state index in [0.717, 1.165) is 18.9 Å². The Bertz CT molecular complexity index is 621. The molecule has 2 fully saturated rings. The van der Waals surface area contributed by atoms with Gasteiger partial charge >= 0.3 is 13.3 Å². The van der Waals surface area contributed by atoms with E-state index in [4.69, 9.17) is 14.0 Å². The van der Waals surface area contributed by atoms with E-state index in [-0.39, 0.29) is 5.92 Å². The first-order valence-corrected chi connectivity index (χ1v) is 8.65. The molecule has 0 bridgehead atoms. The van der Waals surface area contributed by atoms with E-state index >= 15 is 0 Å². The second-order valence-electron chi connectivity index (χ2n) is 7.89. The second kappa shape index (κ2) is 6.29. The molecule has 1 atom stereocenters. The van der Waals surface area contributed by atoms with Crippen LogP contribution in [-0.2, 0) is 20.2 Å². The SMILES string of the molecule is CC1(C)OB(c2cc(C3CCCOC3)cc(C(F)(F)F)c2)OC1(C)C. The van der Waals surface area contributed by atoms with Crippen LogP contribution in [0.2, 0.25) is 0 Å². The van der Waals surface area contributed by atoms with E-state index < -0.39 is 30.1 Å². The highest BCUT2D eigenvalue weighted by Crippen LogP contribution is 2.38. The van der Waals surface area contributed by atoms with Gasteiger partial charge in [-0.15, -0.1) is 0 Å².